The lowest BCUT2D eigenvalue weighted by atomic mass is 10.1. The molecule has 0 aromatic heterocycles. The number of phosphoric ester groups is 1. The number of ether oxygens (including phenoxy) is 2. The lowest BCUT2D eigenvalue weighted by Crippen LogP contribution is -2.37. The van der Waals surface area contributed by atoms with Crippen LogP contribution in [0.1, 0.15) is 104 Å². The van der Waals surface area contributed by atoms with Gasteiger partial charge in [-0.3, -0.25) is 13.8 Å². The molecule has 2 unspecified atom stereocenters. The minimum absolute atomic E-state index is 0.0732. The lowest BCUT2D eigenvalue weighted by molar-refractivity contribution is -0.870. The second-order valence-corrected chi connectivity index (χ2v) is 13.6. The average Bonchev–Trinajstić information content (AvgIpc) is 2.98. The second-order valence-electron chi connectivity index (χ2n) is 12.2. The summed E-state index contributed by atoms with van der Waals surface area (Å²) in [5.41, 5.74) is 0. The zero-order valence-electron chi connectivity index (χ0n) is 29.1. The second kappa shape index (κ2) is 29.6. The molecule has 0 aliphatic carbocycles. The largest absolute Gasteiger partial charge is 0.472 e. The number of rotatable bonds is 30. The molecular weight excluding hydrogens is 589 g/mol. The summed E-state index contributed by atoms with van der Waals surface area (Å²) in [6.07, 6.45) is 34.3. The van der Waals surface area contributed by atoms with Crippen molar-refractivity contribution in [2.45, 2.75) is 110 Å². The number of phosphoric acid groups is 1. The summed E-state index contributed by atoms with van der Waals surface area (Å²) >= 11 is 0. The molecule has 45 heavy (non-hydrogen) atoms. The third-order valence-electron chi connectivity index (χ3n) is 6.61. The Kier molecular flexibility index (Phi) is 28.4. The van der Waals surface area contributed by atoms with Gasteiger partial charge in [-0.2, -0.15) is 0 Å². The normalized spacial score (nSPS) is 14.9. The summed E-state index contributed by atoms with van der Waals surface area (Å²) in [6.45, 7) is 5.19. The molecule has 0 fully saturated rings. The van der Waals surface area contributed by atoms with Crippen LogP contribution in [0.25, 0.3) is 0 Å². The van der Waals surface area contributed by atoms with Gasteiger partial charge in [-0.25, -0.2) is 4.57 Å². The molecule has 8 nitrogen and oxygen atoms in total. The van der Waals surface area contributed by atoms with E-state index in [9.17, 15) is 14.3 Å². The smallest absolute Gasteiger partial charge is 0.457 e. The van der Waals surface area contributed by atoms with Crippen LogP contribution in [0.4, 0.5) is 0 Å². The van der Waals surface area contributed by atoms with E-state index in [-0.39, 0.29) is 25.8 Å². The average molecular weight is 655 g/mol. The van der Waals surface area contributed by atoms with Crippen molar-refractivity contribution in [3.63, 3.8) is 0 Å². The Morgan fingerprint density at radius 3 is 1.80 bits per heavy atom. The third kappa shape index (κ3) is 33.4. The number of likely N-dealkylation sites (N-methyl/N-ethyl adjacent to an activating group) is 1. The Labute approximate surface area is 275 Å². The van der Waals surface area contributed by atoms with E-state index < -0.39 is 13.9 Å². The Morgan fingerprint density at radius 2 is 1.24 bits per heavy atom. The highest BCUT2D eigenvalue weighted by molar-refractivity contribution is 7.47. The lowest BCUT2D eigenvalue weighted by Gasteiger charge is -2.24. The molecule has 0 spiro atoms. The highest BCUT2D eigenvalue weighted by Gasteiger charge is 2.26. The first-order valence-corrected chi connectivity index (χ1v) is 18.5. The number of carbonyl (C=O) groups is 1. The molecule has 9 heteroatoms. The number of quaternary nitrogens is 1. The fourth-order valence-electron chi connectivity index (χ4n) is 3.97. The molecule has 0 amide bonds. The predicted octanol–water partition coefficient (Wildman–Crippen LogP) is 9.04. The maximum Gasteiger partial charge on any atom is 0.472 e. The molecule has 0 bridgehead atoms. The molecule has 0 heterocycles. The van der Waals surface area contributed by atoms with Gasteiger partial charge in [-0.15, -0.1) is 0 Å². The van der Waals surface area contributed by atoms with Crippen LogP contribution in [0, 0.1) is 0 Å². The van der Waals surface area contributed by atoms with Crippen LogP contribution in [0.15, 0.2) is 60.8 Å². The van der Waals surface area contributed by atoms with Gasteiger partial charge in [-0.05, 0) is 44.9 Å². The fourth-order valence-corrected chi connectivity index (χ4v) is 4.71. The van der Waals surface area contributed by atoms with Crippen molar-refractivity contribution in [3.05, 3.63) is 60.8 Å². The fraction of sp³-hybridized carbons (Fsp3) is 0.694. The van der Waals surface area contributed by atoms with Gasteiger partial charge in [-0.1, -0.05) is 113 Å². The molecular formula is C36H65NO7P+. The molecule has 2 atom stereocenters. The van der Waals surface area contributed by atoms with Crippen molar-refractivity contribution in [1.82, 2.24) is 0 Å². The topological polar surface area (TPSA) is 91.3 Å². The van der Waals surface area contributed by atoms with Crippen molar-refractivity contribution in [2.75, 3.05) is 54.1 Å². The Hall–Kier alpha value is -1.80. The zero-order valence-corrected chi connectivity index (χ0v) is 30.0. The summed E-state index contributed by atoms with van der Waals surface area (Å²) in [6, 6.07) is 0. The molecule has 0 aromatic rings. The van der Waals surface area contributed by atoms with Gasteiger partial charge < -0.3 is 18.9 Å². The zero-order chi connectivity index (χ0) is 33.5. The SMILES string of the molecule is CC/C=C\C/C=C\C/C=C\C/C=C\C/C=C\CCOCC(COP(=O)(O)OCC[N+](C)(C)C)OC(=O)CCCCCCCCC. The monoisotopic (exact) mass is 654 g/mol. The van der Waals surface area contributed by atoms with Gasteiger partial charge in [0.25, 0.3) is 0 Å². The highest BCUT2D eigenvalue weighted by atomic mass is 31.2. The number of hydrogen-bond acceptors (Lipinski definition) is 6. The van der Waals surface area contributed by atoms with E-state index in [1.54, 1.807) is 0 Å². The minimum atomic E-state index is -4.28. The van der Waals surface area contributed by atoms with E-state index in [0.717, 1.165) is 51.4 Å². The quantitative estimate of drug-likeness (QED) is 0.0272. The first-order valence-electron chi connectivity index (χ1n) is 17.0. The number of carbonyl (C=O) groups excluding carboxylic acids is 1. The van der Waals surface area contributed by atoms with E-state index in [4.69, 9.17) is 18.5 Å². The van der Waals surface area contributed by atoms with Crippen LogP contribution in [-0.4, -0.2) is 75.6 Å². The minimum Gasteiger partial charge on any atom is -0.457 e. The van der Waals surface area contributed by atoms with E-state index in [2.05, 4.69) is 74.6 Å². The van der Waals surface area contributed by atoms with Gasteiger partial charge in [0, 0.05) is 6.42 Å². The summed E-state index contributed by atoms with van der Waals surface area (Å²) in [4.78, 5) is 22.5. The summed E-state index contributed by atoms with van der Waals surface area (Å²) in [7, 11) is 1.61. The number of esters is 1. The van der Waals surface area contributed by atoms with E-state index in [1.807, 2.05) is 21.1 Å². The molecule has 0 radical (unpaired) electrons. The molecule has 0 aliphatic heterocycles. The van der Waals surface area contributed by atoms with Crippen LogP contribution >= 0.6 is 7.82 Å². The van der Waals surface area contributed by atoms with Crippen molar-refractivity contribution >= 4 is 13.8 Å². The molecule has 0 rings (SSSR count). The maximum absolute atomic E-state index is 12.5. The van der Waals surface area contributed by atoms with Crippen molar-refractivity contribution in [2.24, 2.45) is 0 Å². The third-order valence-corrected chi connectivity index (χ3v) is 7.60. The number of unbranched alkanes of at least 4 members (excludes halogenated alkanes) is 6. The van der Waals surface area contributed by atoms with Gasteiger partial charge >= 0.3 is 13.8 Å². The standard InChI is InChI=1S/C36H64NO7P/c1-6-8-10-12-14-15-16-17-18-19-20-21-22-24-26-28-31-41-33-35(34-43-45(39,40)42-32-30-37(3,4)5)44-36(38)29-27-25-23-13-11-9-7-2/h8,10,14-15,17-18,20-21,24,26,35H,6-7,9,11-13,16,19,22-23,25,27-34H2,1-5H3/p+1/b10-8-,15-14-,18-17-,21-20-,26-24-. The van der Waals surface area contributed by atoms with Gasteiger partial charge in [0.1, 0.15) is 19.3 Å². The molecule has 1 N–H and O–H groups in total. The van der Waals surface area contributed by atoms with Crippen LogP contribution in [0.2, 0.25) is 0 Å². The van der Waals surface area contributed by atoms with Gasteiger partial charge in [0.15, 0.2) is 0 Å². The van der Waals surface area contributed by atoms with Crippen molar-refractivity contribution < 1.29 is 37.3 Å². The van der Waals surface area contributed by atoms with Crippen LogP contribution in [0.3, 0.4) is 0 Å². The van der Waals surface area contributed by atoms with Crippen LogP contribution in [0.5, 0.6) is 0 Å². The van der Waals surface area contributed by atoms with Crippen LogP contribution < -0.4 is 0 Å². The number of allylic oxidation sites excluding steroid dienone is 9. The molecule has 0 saturated heterocycles. The van der Waals surface area contributed by atoms with E-state index >= 15 is 0 Å². The molecule has 260 valence electrons. The molecule has 0 aliphatic rings. The summed E-state index contributed by atoms with van der Waals surface area (Å²) < 4.78 is 34.5. The predicted molar refractivity (Wildman–Crippen MR) is 187 cm³/mol. The van der Waals surface area contributed by atoms with E-state index in [0.29, 0.717) is 30.5 Å². The summed E-state index contributed by atoms with van der Waals surface area (Å²) in [5, 5.41) is 0. The first-order chi connectivity index (χ1) is 21.6. The van der Waals surface area contributed by atoms with Crippen molar-refractivity contribution in [3.8, 4) is 0 Å². The maximum atomic E-state index is 12.5. The number of nitrogens with zero attached hydrogens (tertiary/aromatic N) is 1. The Morgan fingerprint density at radius 1 is 0.711 bits per heavy atom. The summed E-state index contributed by atoms with van der Waals surface area (Å²) in [5.74, 6) is -0.350. The first kappa shape index (κ1) is 43.2. The Balaban J connectivity index is 4.45. The highest BCUT2D eigenvalue weighted by Crippen LogP contribution is 2.43. The number of hydrogen-bond donors (Lipinski definition) is 1. The van der Waals surface area contributed by atoms with Crippen LogP contribution in [-0.2, 0) is 27.9 Å². The van der Waals surface area contributed by atoms with Gasteiger partial charge in [0.2, 0.25) is 0 Å². The van der Waals surface area contributed by atoms with E-state index in [1.165, 1.54) is 25.7 Å². The van der Waals surface area contributed by atoms with Gasteiger partial charge in [0.05, 0.1) is 41.0 Å². The molecule has 0 saturated carbocycles. The molecule has 0 aromatic carbocycles. The van der Waals surface area contributed by atoms with Crippen molar-refractivity contribution in [1.29, 1.82) is 0 Å². The Bertz CT molecular complexity index is 906.